The van der Waals surface area contributed by atoms with E-state index in [1.807, 2.05) is 0 Å². The fourth-order valence-corrected chi connectivity index (χ4v) is 3.45. The lowest BCUT2D eigenvalue weighted by Gasteiger charge is -2.28. The first-order valence-corrected chi connectivity index (χ1v) is 7.58. The molecule has 0 heterocycles. The number of ether oxygens (including phenoxy) is 1. The van der Waals surface area contributed by atoms with Crippen LogP contribution >= 0.6 is 0 Å². The van der Waals surface area contributed by atoms with E-state index >= 15 is 0 Å². The predicted octanol–water partition coefficient (Wildman–Crippen LogP) is 3.47. The molecule has 2 rings (SSSR count). The summed E-state index contributed by atoms with van der Waals surface area (Å²) in [5.74, 6) is 1.34. The summed E-state index contributed by atoms with van der Waals surface area (Å²) in [6.07, 6.45) is 12.4. The Bertz CT molecular complexity index is 381. The predicted molar refractivity (Wildman–Crippen MR) is 81.2 cm³/mol. The van der Waals surface area contributed by atoms with Gasteiger partial charge in [0.15, 0.2) is 0 Å². The minimum Gasteiger partial charge on any atom is -0.382 e. The van der Waals surface area contributed by atoms with Gasteiger partial charge in [-0.1, -0.05) is 36.8 Å². The smallest absolute Gasteiger partial charge is 0.0468 e. The SMILES string of the molecule is CCOCCC(C)[C@@H]1C2=C(C=CC=CC2)CC1NC. The van der Waals surface area contributed by atoms with E-state index < -0.39 is 0 Å². The highest BCUT2D eigenvalue weighted by molar-refractivity contribution is 5.39. The minimum atomic E-state index is 0.595. The molecule has 2 nitrogen and oxygen atoms in total. The summed E-state index contributed by atoms with van der Waals surface area (Å²) < 4.78 is 5.53. The molecule has 19 heavy (non-hydrogen) atoms. The number of hydrogen-bond acceptors (Lipinski definition) is 2. The van der Waals surface area contributed by atoms with Gasteiger partial charge in [-0.2, -0.15) is 0 Å². The summed E-state index contributed by atoms with van der Waals surface area (Å²) in [4.78, 5) is 0. The van der Waals surface area contributed by atoms with Gasteiger partial charge in [-0.3, -0.25) is 0 Å². The van der Waals surface area contributed by atoms with Crippen molar-refractivity contribution in [2.75, 3.05) is 20.3 Å². The fraction of sp³-hybridized carbons (Fsp3) is 0.647. The van der Waals surface area contributed by atoms with Crippen molar-refractivity contribution < 1.29 is 4.74 Å². The maximum absolute atomic E-state index is 5.53. The van der Waals surface area contributed by atoms with Gasteiger partial charge < -0.3 is 10.1 Å². The van der Waals surface area contributed by atoms with Crippen LogP contribution in [0.25, 0.3) is 0 Å². The highest BCUT2D eigenvalue weighted by Crippen LogP contribution is 2.41. The Morgan fingerprint density at radius 1 is 1.42 bits per heavy atom. The normalized spacial score (nSPS) is 27.5. The third-order valence-electron chi connectivity index (χ3n) is 4.48. The summed E-state index contributed by atoms with van der Waals surface area (Å²) in [7, 11) is 2.10. The first-order chi connectivity index (χ1) is 9.27. The molecule has 0 aromatic heterocycles. The summed E-state index contributed by atoms with van der Waals surface area (Å²) >= 11 is 0. The topological polar surface area (TPSA) is 21.3 Å². The Hall–Kier alpha value is -0.860. The molecule has 2 heteroatoms. The first kappa shape index (κ1) is 14.5. The van der Waals surface area contributed by atoms with Gasteiger partial charge >= 0.3 is 0 Å². The highest BCUT2D eigenvalue weighted by Gasteiger charge is 2.35. The molecular weight excluding hydrogens is 234 g/mol. The zero-order valence-electron chi connectivity index (χ0n) is 12.5. The molecule has 2 aliphatic carbocycles. The van der Waals surface area contributed by atoms with Gasteiger partial charge in [0.2, 0.25) is 0 Å². The summed E-state index contributed by atoms with van der Waals surface area (Å²) in [6.45, 7) is 6.16. The fourth-order valence-electron chi connectivity index (χ4n) is 3.45. The third kappa shape index (κ3) is 3.37. The lowest BCUT2D eigenvalue weighted by atomic mass is 9.82. The number of hydrogen-bond donors (Lipinski definition) is 1. The Morgan fingerprint density at radius 3 is 3.00 bits per heavy atom. The van der Waals surface area contributed by atoms with Crippen LogP contribution in [0.4, 0.5) is 0 Å². The summed E-state index contributed by atoms with van der Waals surface area (Å²) in [5.41, 5.74) is 3.20. The van der Waals surface area contributed by atoms with Crippen LogP contribution < -0.4 is 5.32 Å². The quantitative estimate of drug-likeness (QED) is 0.739. The maximum atomic E-state index is 5.53. The van der Waals surface area contributed by atoms with E-state index in [1.165, 1.54) is 6.42 Å². The number of allylic oxidation sites excluding steroid dienone is 4. The van der Waals surface area contributed by atoms with Gasteiger partial charge in [0.1, 0.15) is 0 Å². The van der Waals surface area contributed by atoms with E-state index in [4.69, 9.17) is 4.74 Å². The molecule has 106 valence electrons. The molecule has 3 atom stereocenters. The second-order valence-electron chi connectivity index (χ2n) is 5.63. The van der Waals surface area contributed by atoms with Crippen molar-refractivity contribution in [1.29, 1.82) is 0 Å². The van der Waals surface area contributed by atoms with Crippen LogP contribution in [0.5, 0.6) is 0 Å². The van der Waals surface area contributed by atoms with Crippen molar-refractivity contribution in [3.63, 3.8) is 0 Å². The molecule has 1 N–H and O–H groups in total. The molecule has 0 aromatic rings. The molecule has 2 aliphatic rings. The van der Waals surface area contributed by atoms with Gasteiger partial charge in [0, 0.05) is 19.3 Å². The second kappa shape index (κ2) is 7.06. The van der Waals surface area contributed by atoms with E-state index in [-0.39, 0.29) is 0 Å². The average Bonchev–Trinajstić information content (AvgIpc) is 2.61. The van der Waals surface area contributed by atoms with E-state index in [1.54, 1.807) is 11.1 Å². The Kier molecular flexibility index (Phi) is 5.41. The minimum absolute atomic E-state index is 0.595. The lowest BCUT2D eigenvalue weighted by molar-refractivity contribution is 0.124. The molecule has 0 fully saturated rings. The van der Waals surface area contributed by atoms with Crippen LogP contribution in [0.2, 0.25) is 0 Å². The zero-order chi connectivity index (χ0) is 13.7. The molecule has 0 amide bonds. The molecule has 0 saturated heterocycles. The molecule has 0 spiro atoms. The summed E-state index contributed by atoms with van der Waals surface area (Å²) in [5, 5.41) is 3.52. The van der Waals surface area contributed by atoms with Crippen molar-refractivity contribution in [2.45, 2.75) is 39.2 Å². The van der Waals surface area contributed by atoms with Gasteiger partial charge in [0.05, 0.1) is 0 Å². The molecule has 0 aromatic carbocycles. The van der Waals surface area contributed by atoms with E-state index in [2.05, 4.69) is 50.5 Å². The van der Waals surface area contributed by atoms with Gasteiger partial charge in [-0.05, 0) is 50.6 Å². The Morgan fingerprint density at radius 2 is 2.26 bits per heavy atom. The van der Waals surface area contributed by atoms with Crippen molar-refractivity contribution in [3.05, 3.63) is 35.5 Å². The highest BCUT2D eigenvalue weighted by atomic mass is 16.5. The molecule has 2 unspecified atom stereocenters. The molecule has 0 bridgehead atoms. The Labute approximate surface area is 117 Å². The Balaban J connectivity index is 2.08. The first-order valence-electron chi connectivity index (χ1n) is 7.58. The standard InChI is InChI=1S/C17H27NO/c1-4-19-11-10-13(2)17-15-9-7-5-6-8-14(15)12-16(17)18-3/h5-8,13,16-18H,4,9-12H2,1-3H3/t13?,16?,17-/m1/s1. The van der Waals surface area contributed by atoms with Gasteiger partial charge in [-0.15, -0.1) is 0 Å². The van der Waals surface area contributed by atoms with E-state index in [0.29, 0.717) is 17.9 Å². The van der Waals surface area contributed by atoms with E-state index in [0.717, 1.165) is 26.1 Å². The molecular formula is C17H27NO. The number of nitrogens with one attached hydrogen (secondary N) is 1. The van der Waals surface area contributed by atoms with Crippen molar-refractivity contribution in [1.82, 2.24) is 5.32 Å². The largest absolute Gasteiger partial charge is 0.382 e. The van der Waals surface area contributed by atoms with E-state index in [9.17, 15) is 0 Å². The van der Waals surface area contributed by atoms with Crippen molar-refractivity contribution >= 4 is 0 Å². The van der Waals surface area contributed by atoms with Gasteiger partial charge in [-0.25, -0.2) is 0 Å². The van der Waals surface area contributed by atoms with Crippen molar-refractivity contribution in [3.8, 4) is 0 Å². The van der Waals surface area contributed by atoms with Crippen LogP contribution in [0.3, 0.4) is 0 Å². The molecule has 0 radical (unpaired) electrons. The lowest BCUT2D eigenvalue weighted by Crippen LogP contribution is -2.35. The molecule has 0 aliphatic heterocycles. The molecule has 0 saturated carbocycles. The second-order valence-corrected chi connectivity index (χ2v) is 5.63. The van der Waals surface area contributed by atoms with Crippen LogP contribution in [0, 0.1) is 11.8 Å². The van der Waals surface area contributed by atoms with Crippen LogP contribution in [0.1, 0.15) is 33.1 Å². The van der Waals surface area contributed by atoms with Gasteiger partial charge in [0.25, 0.3) is 0 Å². The monoisotopic (exact) mass is 261 g/mol. The third-order valence-corrected chi connectivity index (χ3v) is 4.48. The maximum Gasteiger partial charge on any atom is 0.0468 e. The van der Waals surface area contributed by atoms with Crippen LogP contribution in [-0.2, 0) is 4.74 Å². The zero-order valence-corrected chi connectivity index (χ0v) is 12.5. The average molecular weight is 261 g/mol. The summed E-state index contributed by atoms with van der Waals surface area (Å²) in [6, 6.07) is 0.595. The number of rotatable bonds is 6. The van der Waals surface area contributed by atoms with Crippen LogP contribution in [-0.4, -0.2) is 26.3 Å². The van der Waals surface area contributed by atoms with Crippen LogP contribution in [0.15, 0.2) is 35.5 Å². The van der Waals surface area contributed by atoms with Crippen molar-refractivity contribution in [2.24, 2.45) is 11.8 Å².